The average Bonchev–Trinajstić information content (AvgIpc) is 3.21. The van der Waals surface area contributed by atoms with E-state index in [1.807, 2.05) is 27.0 Å². The molecule has 40 heavy (non-hydrogen) atoms. The van der Waals surface area contributed by atoms with Gasteiger partial charge >= 0.3 is 5.97 Å². The molecular weight excluding hydrogens is 506 g/mol. The summed E-state index contributed by atoms with van der Waals surface area (Å²) < 4.78 is 13.4. The molecule has 9 nitrogen and oxygen atoms in total. The van der Waals surface area contributed by atoms with E-state index in [1.165, 1.54) is 11.1 Å². The summed E-state index contributed by atoms with van der Waals surface area (Å²) in [5, 5.41) is 18.6. The van der Waals surface area contributed by atoms with Crippen LogP contribution in [0.15, 0.2) is 42.5 Å². The maximum atomic E-state index is 12.8. The maximum absolute atomic E-state index is 12.8. The minimum absolute atomic E-state index is 0.00678. The van der Waals surface area contributed by atoms with E-state index in [0.29, 0.717) is 19.7 Å². The molecule has 210 valence electrons. The van der Waals surface area contributed by atoms with Crippen molar-refractivity contribution in [3.05, 3.63) is 76.0 Å². The van der Waals surface area contributed by atoms with Gasteiger partial charge in [0.2, 0.25) is 5.88 Å². The summed E-state index contributed by atoms with van der Waals surface area (Å²) >= 11 is 0. The maximum Gasteiger partial charge on any atom is 0.306 e. The Bertz CT molecular complexity index is 1530. The highest BCUT2D eigenvalue weighted by atomic mass is 16.5. The monoisotopic (exact) mass is 543 g/mol. The predicted octanol–water partition coefficient (Wildman–Crippen LogP) is 4.94. The van der Waals surface area contributed by atoms with Crippen molar-refractivity contribution in [3.63, 3.8) is 0 Å². The van der Waals surface area contributed by atoms with Gasteiger partial charge in [-0.3, -0.25) is 9.69 Å². The summed E-state index contributed by atoms with van der Waals surface area (Å²) in [7, 11) is 1.88. The molecule has 0 amide bonds. The van der Waals surface area contributed by atoms with Crippen LogP contribution < -0.4 is 4.74 Å². The Balaban J connectivity index is 1.50. The highest BCUT2D eigenvalue weighted by Gasteiger charge is 2.26. The molecule has 9 heteroatoms. The van der Waals surface area contributed by atoms with Crippen molar-refractivity contribution >= 4 is 17.0 Å². The first kappa shape index (κ1) is 27.6. The van der Waals surface area contributed by atoms with Crippen molar-refractivity contribution in [2.24, 2.45) is 7.05 Å². The van der Waals surface area contributed by atoms with Crippen LogP contribution in [0, 0.1) is 13.8 Å². The summed E-state index contributed by atoms with van der Waals surface area (Å²) in [5.74, 6) is 0.292. The summed E-state index contributed by atoms with van der Waals surface area (Å²) in [5.41, 5.74) is 7.97. The average molecular weight is 544 g/mol. The number of carbonyl (C=O) groups is 1. The third-order valence-electron chi connectivity index (χ3n) is 7.80. The third kappa shape index (κ3) is 5.65. The van der Waals surface area contributed by atoms with Crippen LogP contribution in [0.1, 0.15) is 66.1 Å². The van der Waals surface area contributed by atoms with Crippen LogP contribution in [0.4, 0.5) is 0 Å². The summed E-state index contributed by atoms with van der Waals surface area (Å²) in [6.07, 6.45) is 1.12. The van der Waals surface area contributed by atoms with Gasteiger partial charge in [0, 0.05) is 38.7 Å². The molecular formula is C31H37N5O4. The van der Waals surface area contributed by atoms with E-state index in [9.17, 15) is 9.90 Å². The fourth-order valence-corrected chi connectivity index (χ4v) is 5.55. The molecule has 0 radical (unpaired) electrons. The number of esters is 1. The number of ether oxygens (including phenoxy) is 2. The van der Waals surface area contributed by atoms with Crippen LogP contribution in [-0.2, 0) is 29.7 Å². The Morgan fingerprint density at radius 2 is 2.00 bits per heavy atom. The van der Waals surface area contributed by atoms with Gasteiger partial charge < -0.3 is 14.6 Å². The smallest absolute Gasteiger partial charge is 0.306 e. The van der Waals surface area contributed by atoms with E-state index >= 15 is 0 Å². The number of benzene rings is 2. The van der Waals surface area contributed by atoms with E-state index < -0.39 is 0 Å². The first-order valence-corrected chi connectivity index (χ1v) is 13.9. The van der Waals surface area contributed by atoms with E-state index in [-0.39, 0.29) is 30.3 Å². The van der Waals surface area contributed by atoms with Crippen LogP contribution in [0.5, 0.6) is 11.6 Å². The van der Waals surface area contributed by atoms with Gasteiger partial charge in [-0.15, -0.1) is 5.10 Å². The largest absolute Gasteiger partial charge is 0.493 e. The second-order valence-corrected chi connectivity index (χ2v) is 10.5. The van der Waals surface area contributed by atoms with Crippen molar-refractivity contribution < 1.29 is 19.4 Å². The summed E-state index contributed by atoms with van der Waals surface area (Å²) in [6, 6.07) is 13.9. The Morgan fingerprint density at radius 3 is 2.77 bits per heavy atom. The Labute approximate surface area is 234 Å². The van der Waals surface area contributed by atoms with Gasteiger partial charge in [0.15, 0.2) is 0 Å². The highest BCUT2D eigenvalue weighted by molar-refractivity contribution is 5.80. The van der Waals surface area contributed by atoms with Crippen LogP contribution in [-0.4, -0.2) is 55.2 Å². The van der Waals surface area contributed by atoms with Crippen molar-refractivity contribution in [1.82, 2.24) is 24.9 Å². The number of fused-ring (bicyclic) bond motifs is 2. The standard InChI is InChI=1S/C31H37N5O4/c1-6-23-17-36(18-26-28(40-23)12-13-29(37)32-26)16-22-14-21(9-8-19(22)3)25(15-30(38)39-7-2)24-10-11-27-31(20(24)4)33-34-35(27)5/h8-14,23,25H,6-7,15-18H2,1-5H3,(H,32,37)/t23-,25?/m1/s1. The molecule has 5 rings (SSSR count). The first-order valence-electron chi connectivity index (χ1n) is 13.9. The van der Waals surface area contributed by atoms with Gasteiger partial charge in [-0.1, -0.05) is 36.4 Å². The van der Waals surface area contributed by atoms with Crippen molar-refractivity contribution in [2.45, 2.75) is 65.6 Å². The molecule has 4 aromatic rings. The van der Waals surface area contributed by atoms with Gasteiger partial charge in [-0.05, 0) is 67.1 Å². The highest BCUT2D eigenvalue weighted by Crippen LogP contribution is 2.35. The lowest BCUT2D eigenvalue weighted by Crippen LogP contribution is -2.32. The lowest BCUT2D eigenvalue weighted by atomic mass is 9.84. The number of rotatable bonds is 8. The molecule has 0 spiro atoms. The van der Waals surface area contributed by atoms with Crippen molar-refractivity contribution in [1.29, 1.82) is 0 Å². The number of nitrogens with zero attached hydrogens (tertiary/aromatic N) is 5. The molecule has 1 unspecified atom stereocenters. The van der Waals surface area contributed by atoms with E-state index in [0.717, 1.165) is 52.1 Å². The molecule has 2 atom stereocenters. The second kappa shape index (κ2) is 11.6. The number of aryl methyl sites for hydroxylation is 3. The van der Waals surface area contributed by atoms with Gasteiger partial charge in [0.25, 0.3) is 0 Å². The minimum Gasteiger partial charge on any atom is -0.493 e. The molecule has 1 N–H and O–H groups in total. The molecule has 0 fully saturated rings. The number of carbonyl (C=O) groups excluding carboxylic acids is 1. The van der Waals surface area contributed by atoms with Gasteiger partial charge in [-0.2, -0.15) is 0 Å². The lowest BCUT2D eigenvalue weighted by Gasteiger charge is -2.25. The molecule has 0 saturated heterocycles. The van der Waals surface area contributed by atoms with Gasteiger partial charge in [0.05, 0.1) is 18.5 Å². The van der Waals surface area contributed by atoms with Crippen LogP contribution in [0.25, 0.3) is 11.0 Å². The van der Waals surface area contributed by atoms with Crippen LogP contribution in [0.3, 0.4) is 0 Å². The van der Waals surface area contributed by atoms with Crippen LogP contribution in [0.2, 0.25) is 0 Å². The molecule has 1 aliphatic heterocycles. The zero-order valence-electron chi connectivity index (χ0n) is 23.8. The quantitative estimate of drug-likeness (QED) is 0.312. The van der Waals surface area contributed by atoms with Crippen molar-refractivity contribution in [3.8, 4) is 11.6 Å². The molecule has 1 aliphatic rings. The lowest BCUT2D eigenvalue weighted by molar-refractivity contribution is -0.143. The number of hydrogen-bond acceptors (Lipinski definition) is 8. The second-order valence-electron chi connectivity index (χ2n) is 10.5. The first-order chi connectivity index (χ1) is 19.3. The van der Waals surface area contributed by atoms with E-state index in [2.05, 4.69) is 58.3 Å². The predicted molar refractivity (Wildman–Crippen MR) is 152 cm³/mol. The summed E-state index contributed by atoms with van der Waals surface area (Å²) in [4.78, 5) is 19.5. The third-order valence-corrected chi connectivity index (χ3v) is 7.80. The fourth-order valence-electron chi connectivity index (χ4n) is 5.55. The summed E-state index contributed by atoms with van der Waals surface area (Å²) in [6.45, 7) is 10.4. The number of aromatic nitrogens is 4. The van der Waals surface area contributed by atoms with Crippen molar-refractivity contribution in [2.75, 3.05) is 13.2 Å². The molecule has 0 aliphatic carbocycles. The zero-order chi connectivity index (χ0) is 28.4. The van der Waals surface area contributed by atoms with Gasteiger partial charge in [-0.25, -0.2) is 9.67 Å². The number of aromatic hydroxyl groups is 1. The minimum atomic E-state index is -0.230. The number of pyridine rings is 1. The Morgan fingerprint density at radius 1 is 1.18 bits per heavy atom. The zero-order valence-corrected chi connectivity index (χ0v) is 23.8. The van der Waals surface area contributed by atoms with Crippen LogP contribution >= 0.6 is 0 Å². The molecule has 2 aromatic heterocycles. The fraction of sp³-hybridized carbons (Fsp3) is 0.419. The normalized spacial score (nSPS) is 16.3. The topological polar surface area (TPSA) is 103 Å². The molecule has 3 heterocycles. The molecule has 0 saturated carbocycles. The van der Waals surface area contributed by atoms with E-state index in [4.69, 9.17) is 9.47 Å². The number of hydrogen-bond donors (Lipinski definition) is 1. The molecule has 0 bridgehead atoms. The molecule has 2 aromatic carbocycles. The van der Waals surface area contributed by atoms with E-state index in [1.54, 1.807) is 16.8 Å². The van der Waals surface area contributed by atoms with Gasteiger partial charge in [0.1, 0.15) is 23.1 Å². The Hall–Kier alpha value is -3.98. The SMILES string of the molecule is CCOC(=O)CC(c1ccc(C)c(CN2Cc3nc(O)ccc3O[C@H](CC)C2)c1)c1ccc2c(nnn2C)c1C. The Kier molecular flexibility index (Phi) is 8.02.